The van der Waals surface area contributed by atoms with Crippen LogP contribution in [0, 0.1) is 0 Å². The van der Waals surface area contributed by atoms with Crippen molar-refractivity contribution in [1.29, 1.82) is 0 Å². The van der Waals surface area contributed by atoms with Crippen LogP contribution in [0.15, 0.2) is 71.8 Å². The Morgan fingerprint density at radius 3 is 2.39 bits per heavy atom. The van der Waals surface area contributed by atoms with Gasteiger partial charge in [0.1, 0.15) is 5.25 Å². The molecule has 0 saturated carbocycles. The Bertz CT molecular complexity index is 1040. The quantitative estimate of drug-likeness (QED) is 0.649. The average molecular weight is 398 g/mol. The molecule has 0 spiro atoms. The summed E-state index contributed by atoms with van der Waals surface area (Å²) in [6, 6.07) is 17.4. The molecule has 2 aromatic carbocycles. The molecular weight excluding hydrogens is 374 g/mol. The molecule has 0 aliphatic rings. The van der Waals surface area contributed by atoms with E-state index in [0.717, 1.165) is 12.1 Å². The van der Waals surface area contributed by atoms with Crippen molar-refractivity contribution in [2.24, 2.45) is 0 Å². The lowest BCUT2D eigenvalue weighted by molar-refractivity contribution is -0.116. The molecule has 7 heteroatoms. The maximum absolute atomic E-state index is 13.1. The number of benzene rings is 2. The first-order valence-electron chi connectivity index (χ1n) is 9.16. The fourth-order valence-electron chi connectivity index (χ4n) is 2.95. The minimum Gasteiger partial charge on any atom is -0.326 e. The maximum Gasteiger partial charge on any atom is 0.224 e. The van der Waals surface area contributed by atoms with E-state index in [1.807, 2.05) is 37.3 Å². The molecular formula is C21H23N3O3S. The number of aromatic nitrogens is 2. The van der Waals surface area contributed by atoms with E-state index in [2.05, 4.69) is 10.4 Å². The number of sulfone groups is 1. The molecule has 1 N–H and O–H groups in total. The van der Waals surface area contributed by atoms with Crippen LogP contribution < -0.4 is 5.32 Å². The fraction of sp³-hybridized carbons (Fsp3) is 0.238. The van der Waals surface area contributed by atoms with Gasteiger partial charge in [0.15, 0.2) is 9.84 Å². The van der Waals surface area contributed by atoms with Gasteiger partial charge in [-0.1, -0.05) is 25.1 Å². The first kappa shape index (κ1) is 19.8. The molecule has 1 atom stereocenters. The minimum atomic E-state index is -3.62. The van der Waals surface area contributed by atoms with Crippen molar-refractivity contribution in [2.75, 3.05) is 5.32 Å². The predicted octanol–water partition coefficient (Wildman–Crippen LogP) is 4.15. The molecule has 0 radical (unpaired) electrons. The zero-order valence-electron chi connectivity index (χ0n) is 15.9. The highest BCUT2D eigenvalue weighted by Crippen LogP contribution is 2.30. The van der Waals surface area contributed by atoms with Gasteiger partial charge in [0.05, 0.1) is 16.3 Å². The van der Waals surface area contributed by atoms with Gasteiger partial charge in [0.25, 0.3) is 0 Å². The molecule has 3 rings (SSSR count). The Kier molecular flexibility index (Phi) is 5.94. The SMILES string of the molecule is CCCC(=O)Nc1ccc(S(=O)(=O)C(C)c2ccnn2-c2ccccc2)cc1. The molecule has 0 saturated heterocycles. The molecule has 0 aliphatic carbocycles. The summed E-state index contributed by atoms with van der Waals surface area (Å²) in [5, 5.41) is 6.26. The van der Waals surface area contributed by atoms with Gasteiger partial charge < -0.3 is 5.32 Å². The smallest absolute Gasteiger partial charge is 0.224 e. The fourth-order valence-corrected chi connectivity index (χ4v) is 4.37. The van der Waals surface area contributed by atoms with Crippen LogP contribution in [0.1, 0.15) is 37.6 Å². The molecule has 1 aromatic heterocycles. The van der Waals surface area contributed by atoms with Crippen LogP contribution >= 0.6 is 0 Å². The van der Waals surface area contributed by atoms with E-state index >= 15 is 0 Å². The van der Waals surface area contributed by atoms with E-state index in [1.54, 1.807) is 36.0 Å². The monoisotopic (exact) mass is 397 g/mol. The van der Waals surface area contributed by atoms with Crippen molar-refractivity contribution in [3.63, 3.8) is 0 Å². The number of amides is 1. The molecule has 28 heavy (non-hydrogen) atoms. The third-order valence-corrected chi connectivity index (χ3v) is 6.60. The number of carbonyl (C=O) groups is 1. The third-order valence-electron chi connectivity index (χ3n) is 4.50. The topological polar surface area (TPSA) is 81.1 Å². The summed E-state index contributed by atoms with van der Waals surface area (Å²) in [7, 11) is -3.62. The van der Waals surface area contributed by atoms with E-state index in [4.69, 9.17) is 0 Å². The molecule has 3 aromatic rings. The number of hydrogen-bond donors (Lipinski definition) is 1. The Labute approximate surface area is 165 Å². The first-order chi connectivity index (χ1) is 13.4. The highest BCUT2D eigenvalue weighted by atomic mass is 32.2. The number of rotatable bonds is 7. The third kappa shape index (κ3) is 4.14. The summed E-state index contributed by atoms with van der Waals surface area (Å²) < 4.78 is 27.9. The van der Waals surface area contributed by atoms with E-state index in [1.165, 1.54) is 12.1 Å². The second kappa shape index (κ2) is 8.39. The van der Waals surface area contributed by atoms with Crippen LogP contribution in [0.25, 0.3) is 5.69 Å². The Balaban J connectivity index is 1.86. The van der Waals surface area contributed by atoms with Crippen molar-refractivity contribution in [2.45, 2.75) is 36.8 Å². The van der Waals surface area contributed by atoms with Crippen molar-refractivity contribution in [3.05, 3.63) is 72.6 Å². The summed E-state index contributed by atoms with van der Waals surface area (Å²) in [5.41, 5.74) is 1.98. The Hall–Kier alpha value is -2.93. The largest absolute Gasteiger partial charge is 0.326 e. The predicted molar refractivity (Wildman–Crippen MR) is 109 cm³/mol. The summed E-state index contributed by atoms with van der Waals surface area (Å²) in [4.78, 5) is 11.9. The summed E-state index contributed by atoms with van der Waals surface area (Å²) in [6.45, 7) is 3.58. The minimum absolute atomic E-state index is 0.0850. The van der Waals surface area contributed by atoms with E-state index in [0.29, 0.717) is 17.8 Å². The number of anilines is 1. The van der Waals surface area contributed by atoms with Gasteiger partial charge >= 0.3 is 0 Å². The average Bonchev–Trinajstić information content (AvgIpc) is 3.18. The van der Waals surface area contributed by atoms with Crippen LogP contribution in [0.3, 0.4) is 0 Å². The van der Waals surface area contributed by atoms with Gasteiger partial charge in [-0.15, -0.1) is 0 Å². The normalized spacial score (nSPS) is 12.5. The summed E-state index contributed by atoms with van der Waals surface area (Å²) in [6.07, 6.45) is 2.78. The molecule has 146 valence electrons. The maximum atomic E-state index is 13.1. The highest BCUT2D eigenvalue weighted by molar-refractivity contribution is 7.91. The highest BCUT2D eigenvalue weighted by Gasteiger charge is 2.28. The van der Waals surface area contributed by atoms with Crippen molar-refractivity contribution in [1.82, 2.24) is 9.78 Å². The summed E-state index contributed by atoms with van der Waals surface area (Å²) in [5.74, 6) is -0.0850. The van der Waals surface area contributed by atoms with Crippen molar-refractivity contribution < 1.29 is 13.2 Å². The lowest BCUT2D eigenvalue weighted by Gasteiger charge is -2.16. The van der Waals surface area contributed by atoms with Crippen molar-refractivity contribution in [3.8, 4) is 5.69 Å². The van der Waals surface area contributed by atoms with Gasteiger partial charge in [0, 0.05) is 18.3 Å². The van der Waals surface area contributed by atoms with Gasteiger partial charge in [-0.05, 0) is 55.8 Å². The van der Waals surface area contributed by atoms with Crippen molar-refractivity contribution >= 4 is 21.4 Å². The van der Waals surface area contributed by atoms with Crippen LogP contribution in [-0.4, -0.2) is 24.1 Å². The first-order valence-corrected chi connectivity index (χ1v) is 10.7. The standard InChI is InChI=1S/C21H23N3O3S/c1-3-7-21(25)23-17-10-12-19(13-11-17)28(26,27)16(2)20-14-15-22-24(20)18-8-5-4-6-9-18/h4-6,8-16H,3,7H2,1-2H3,(H,23,25). The van der Waals surface area contributed by atoms with E-state index in [-0.39, 0.29) is 10.8 Å². The molecule has 0 bridgehead atoms. The number of carbonyl (C=O) groups excluding carboxylic acids is 1. The molecule has 6 nitrogen and oxygen atoms in total. The second-order valence-electron chi connectivity index (χ2n) is 6.51. The summed E-state index contributed by atoms with van der Waals surface area (Å²) >= 11 is 0. The number of nitrogens with zero attached hydrogens (tertiary/aromatic N) is 2. The van der Waals surface area contributed by atoms with Gasteiger partial charge in [-0.2, -0.15) is 5.10 Å². The zero-order valence-corrected chi connectivity index (χ0v) is 16.7. The van der Waals surface area contributed by atoms with Crippen LogP contribution in [-0.2, 0) is 14.6 Å². The van der Waals surface area contributed by atoms with Crippen LogP contribution in [0.2, 0.25) is 0 Å². The number of nitrogens with one attached hydrogen (secondary N) is 1. The number of hydrogen-bond acceptors (Lipinski definition) is 4. The lowest BCUT2D eigenvalue weighted by atomic mass is 10.3. The number of para-hydroxylation sites is 1. The zero-order chi connectivity index (χ0) is 20.1. The molecule has 1 heterocycles. The van der Waals surface area contributed by atoms with Gasteiger partial charge in [0.2, 0.25) is 5.91 Å². The molecule has 1 unspecified atom stereocenters. The second-order valence-corrected chi connectivity index (χ2v) is 8.78. The molecule has 1 amide bonds. The van der Waals surface area contributed by atoms with E-state index < -0.39 is 15.1 Å². The van der Waals surface area contributed by atoms with Gasteiger partial charge in [-0.3, -0.25) is 4.79 Å². The lowest BCUT2D eigenvalue weighted by Crippen LogP contribution is -2.15. The molecule has 0 fully saturated rings. The van der Waals surface area contributed by atoms with Crippen LogP contribution in [0.5, 0.6) is 0 Å². The Morgan fingerprint density at radius 1 is 1.07 bits per heavy atom. The van der Waals surface area contributed by atoms with Gasteiger partial charge in [-0.25, -0.2) is 13.1 Å². The van der Waals surface area contributed by atoms with Crippen LogP contribution in [0.4, 0.5) is 5.69 Å². The Morgan fingerprint density at radius 2 is 1.75 bits per heavy atom. The van der Waals surface area contributed by atoms with E-state index in [9.17, 15) is 13.2 Å². The molecule has 0 aliphatic heterocycles.